The zero-order valence-corrected chi connectivity index (χ0v) is 41.1. The van der Waals surface area contributed by atoms with E-state index in [2.05, 4.69) is 38.2 Å². The first-order valence-corrected chi connectivity index (χ1v) is 25.9. The molecule has 366 valence electrons. The Morgan fingerprint density at radius 1 is 0.403 bits per heavy atom. The number of likely N-dealkylation sites (N-methyl/N-ethyl adjacent to an activating group) is 2. The maximum Gasteiger partial charge on any atom is 0.306 e. The molecule has 0 spiro atoms. The summed E-state index contributed by atoms with van der Waals surface area (Å²) < 4.78 is 13.3. The molecule has 0 aromatic rings. The fourth-order valence-corrected chi connectivity index (χ4v) is 8.44. The first-order chi connectivity index (χ1) is 30.1. The van der Waals surface area contributed by atoms with Crippen LogP contribution in [-0.2, 0) is 19.1 Å². The molecule has 0 fully saturated rings. The van der Waals surface area contributed by atoms with Crippen LogP contribution < -0.4 is 0 Å². The maximum absolute atomic E-state index is 13.6. The second-order valence-corrected chi connectivity index (χ2v) is 18.8. The van der Waals surface area contributed by atoms with Crippen LogP contribution in [0.3, 0.4) is 0 Å². The van der Waals surface area contributed by atoms with E-state index in [1.807, 2.05) is 14.1 Å². The van der Waals surface area contributed by atoms with E-state index >= 15 is 0 Å². The molecule has 0 saturated carbocycles. The SMILES string of the molecule is CCCCCCCC/C=C/CCCCCCCC(=O)OC(C[N+](C)(CCO)CCCO)C(C[N+](C)(CCO)CCCO)OC(=O)CCCCCCC/C=C/CCCCCCCC. The summed E-state index contributed by atoms with van der Waals surface area (Å²) in [6.45, 7) is 6.88. The van der Waals surface area contributed by atoms with Crippen LogP contribution in [0.4, 0.5) is 0 Å². The van der Waals surface area contributed by atoms with Crippen molar-refractivity contribution in [2.75, 3.05) is 79.8 Å². The topological polar surface area (TPSA) is 134 Å². The Kier molecular flexibility index (Phi) is 41.8. The van der Waals surface area contributed by atoms with Gasteiger partial charge < -0.3 is 38.9 Å². The van der Waals surface area contributed by atoms with E-state index < -0.39 is 12.2 Å². The van der Waals surface area contributed by atoms with Gasteiger partial charge in [0.2, 0.25) is 0 Å². The second-order valence-electron chi connectivity index (χ2n) is 18.8. The van der Waals surface area contributed by atoms with Crippen molar-refractivity contribution in [2.24, 2.45) is 0 Å². The molecule has 0 heterocycles. The van der Waals surface area contributed by atoms with E-state index in [-0.39, 0.29) is 51.2 Å². The van der Waals surface area contributed by atoms with Crippen LogP contribution in [0.2, 0.25) is 0 Å². The third-order valence-corrected chi connectivity index (χ3v) is 12.5. The van der Waals surface area contributed by atoms with E-state index in [4.69, 9.17) is 9.47 Å². The number of rotatable bonds is 47. The maximum atomic E-state index is 13.6. The highest BCUT2D eigenvalue weighted by atomic mass is 16.6. The fraction of sp³-hybridized carbons (Fsp3) is 0.885. The monoisotopic (exact) mass is 883 g/mol. The zero-order chi connectivity index (χ0) is 45.8. The number of allylic oxidation sites excluding steroid dienone is 4. The summed E-state index contributed by atoms with van der Waals surface area (Å²) in [5.74, 6) is -0.647. The van der Waals surface area contributed by atoms with Crippen molar-refractivity contribution in [1.29, 1.82) is 0 Å². The van der Waals surface area contributed by atoms with Gasteiger partial charge in [-0.25, -0.2) is 0 Å². The van der Waals surface area contributed by atoms with Gasteiger partial charge >= 0.3 is 11.9 Å². The summed E-state index contributed by atoms with van der Waals surface area (Å²) >= 11 is 0. The minimum atomic E-state index is -0.788. The molecule has 10 nitrogen and oxygen atoms in total. The van der Waals surface area contributed by atoms with Crippen molar-refractivity contribution < 1.29 is 48.5 Å². The number of aliphatic hydroxyl groups is 4. The molecule has 0 saturated heterocycles. The zero-order valence-electron chi connectivity index (χ0n) is 41.1. The number of carbonyl (C=O) groups excluding carboxylic acids is 2. The number of ether oxygens (including phenoxy) is 2. The van der Waals surface area contributed by atoms with Gasteiger partial charge in [0, 0.05) is 38.9 Å². The van der Waals surface area contributed by atoms with Gasteiger partial charge in [0.15, 0.2) is 12.2 Å². The molecule has 0 aromatic heterocycles. The number of nitrogens with zero attached hydrogens (tertiary/aromatic N) is 2. The third kappa shape index (κ3) is 36.5. The van der Waals surface area contributed by atoms with Crippen LogP contribution in [0.15, 0.2) is 24.3 Å². The predicted molar refractivity (Wildman–Crippen MR) is 258 cm³/mol. The van der Waals surface area contributed by atoms with Gasteiger partial charge in [-0.15, -0.1) is 0 Å². The van der Waals surface area contributed by atoms with Gasteiger partial charge in [-0.3, -0.25) is 9.59 Å². The van der Waals surface area contributed by atoms with Gasteiger partial charge in [-0.1, -0.05) is 141 Å². The van der Waals surface area contributed by atoms with E-state index in [0.29, 0.717) is 61.1 Å². The van der Waals surface area contributed by atoms with Crippen molar-refractivity contribution in [1.82, 2.24) is 0 Å². The highest BCUT2D eigenvalue weighted by Crippen LogP contribution is 2.21. The molecule has 0 bridgehead atoms. The van der Waals surface area contributed by atoms with E-state index in [0.717, 1.165) is 77.0 Å². The molecule has 0 radical (unpaired) electrons. The smallest absolute Gasteiger partial charge is 0.306 e. The quantitative estimate of drug-likeness (QED) is 0.0206. The Hall–Kier alpha value is -1.82. The van der Waals surface area contributed by atoms with Crippen molar-refractivity contribution in [2.45, 2.75) is 219 Å². The number of carbonyl (C=O) groups is 2. The molecule has 0 amide bonds. The van der Waals surface area contributed by atoms with Gasteiger partial charge in [-0.2, -0.15) is 0 Å². The Labute approximate surface area is 382 Å². The van der Waals surface area contributed by atoms with E-state index in [1.54, 1.807) is 0 Å². The van der Waals surface area contributed by atoms with Crippen molar-refractivity contribution >= 4 is 11.9 Å². The van der Waals surface area contributed by atoms with Crippen LogP contribution in [0.5, 0.6) is 0 Å². The minimum absolute atomic E-state index is 0.000192. The van der Waals surface area contributed by atoms with Gasteiger partial charge in [0.25, 0.3) is 0 Å². The lowest BCUT2D eigenvalue weighted by Crippen LogP contribution is -2.60. The summed E-state index contributed by atoms with van der Waals surface area (Å²) in [6.07, 6.45) is 39.8. The van der Waals surface area contributed by atoms with Crippen molar-refractivity contribution in [3.05, 3.63) is 24.3 Å². The van der Waals surface area contributed by atoms with Crippen molar-refractivity contribution in [3.63, 3.8) is 0 Å². The molecule has 62 heavy (non-hydrogen) atoms. The van der Waals surface area contributed by atoms with Crippen LogP contribution in [0, 0.1) is 0 Å². The Morgan fingerprint density at radius 2 is 0.694 bits per heavy atom. The third-order valence-electron chi connectivity index (χ3n) is 12.5. The van der Waals surface area contributed by atoms with Gasteiger partial charge in [-0.05, 0) is 64.2 Å². The molecule has 0 aromatic carbocycles. The Morgan fingerprint density at radius 3 is 0.984 bits per heavy atom. The summed E-state index contributed by atoms with van der Waals surface area (Å²) in [7, 11) is 3.96. The number of unbranched alkanes of at least 4 members (excludes halogenated alkanes) is 22. The molecule has 4 atom stereocenters. The van der Waals surface area contributed by atoms with E-state index in [1.165, 1.54) is 89.9 Å². The summed E-state index contributed by atoms with van der Waals surface area (Å²) in [6, 6.07) is 0. The number of quaternary nitrogens is 2. The number of esters is 2. The average molecular weight is 883 g/mol. The van der Waals surface area contributed by atoms with Crippen LogP contribution in [0.25, 0.3) is 0 Å². The average Bonchev–Trinajstić information content (AvgIpc) is 3.24. The summed E-state index contributed by atoms with van der Waals surface area (Å²) in [4.78, 5) is 27.2. The largest absolute Gasteiger partial charge is 0.452 e. The highest BCUT2D eigenvalue weighted by molar-refractivity contribution is 5.70. The van der Waals surface area contributed by atoms with Crippen LogP contribution in [-0.4, -0.2) is 133 Å². The molecular weight excluding hydrogens is 781 g/mol. The standard InChI is InChI=1S/C52H102N2O8/c1-5-7-9-11-13-15-17-19-21-23-25-27-29-31-33-37-51(59)61-49(47-53(3,41-45-57)39-35-43-55)50(48-54(4,42-46-58)40-36-44-56)62-52(60)38-34-32-30-28-26-24-22-20-18-16-14-12-10-8-6-2/h19-22,49-50,55-58H,5-18,23-48H2,1-4H3/q+2/b21-19+,22-20+. The highest BCUT2D eigenvalue weighted by Gasteiger charge is 2.41. The summed E-state index contributed by atoms with van der Waals surface area (Å²) in [5, 5.41) is 39.6. The predicted octanol–water partition coefficient (Wildman–Crippen LogP) is 10.5. The number of hydrogen-bond donors (Lipinski definition) is 4. The minimum Gasteiger partial charge on any atom is -0.452 e. The Bertz CT molecular complexity index is 991. The van der Waals surface area contributed by atoms with Gasteiger partial charge in [0.05, 0.1) is 40.4 Å². The molecule has 10 heteroatoms. The lowest BCUT2D eigenvalue weighted by atomic mass is 10.1. The van der Waals surface area contributed by atoms with Crippen molar-refractivity contribution in [3.8, 4) is 0 Å². The molecule has 0 aliphatic heterocycles. The van der Waals surface area contributed by atoms with Crippen LogP contribution >= 0.6 is 0 Å². The molecule has 0 aliphatic rings. The molecule has 4 N–H and O–H groups in total. The first-order valence-electron chi connectivity index (χ1n) is 25.9. The molecule has 0 rings (SSSR count). The van der Waals surface area contributed by atoms with E-state index in [9.17, 15) is 30.0 Å². The van der Waals surface area contributed by atoms with Crippen LogP contribution in [0.1, 0.15) is 206 Å². The lowest BCUT2D eigenvalue weighted by Gasteiger charge is -2.41. The second kappa shape index (κ2) is 43.1. The molecule has 4 unspecified atom stereocenters. The van der Waals surface area contributed by atoms with Gasteiger partial charge in [0.1, 0.15) is 26.2 Å². The first kappa shape index (κ1) is 60.2. The fourth-order valence-electron chi connectivity index (χ4n) is 8.44. The normalized spacial score (nSPS) is 14.9. The number of aliphatic hydroxyl groups excluding tert-OH is 4. The number of hydrogen-bond acceptors (Lipinski definition) is 8. The lowest BCUT2D eigenvalue weighted by molar-refractivity contribution is -0.920. The Balaban J connectivity index is 5.44. The summed E-state index contributed by atoms with van der Waals surface area (Å²) in [5.41, 5.74) is 0. The molecule has 0 aliphatic carbocycles. The molecular formula is C52H102N2O8+2.